The molecule has 13 heavy (non-hydrogen) atoms. The molecule has 0 atom stereocenters. The molecule has 2 aromatic rings. The Balaban J connectivity index is 2.29. The normalized spacial score (nSPS) is 12.7. The lowest BCUT2D eigenvalue weighted by Gasteiger charge is -1.98. The van der Waals surface area contributed by atoms with Crippen LogP contribution in [0.5, 0.6) is 0 Å². The molecule has 0 aliphatic carbocycles. The van der Waals surface area contributed by atoms with Crippen LogP contribution in [0.15, 0.2) is 30.6 Å². The molecule has 2 heteroatoms. The zero-order valence-electron chi connectivity index (χ0n) is 7.49. The second-order valence-corrected chi connectivity index (χ2v) is 3.54. The van der Waals surface area contributed by atoms with Crippen molar-refractivity contribution >= 4 is 0 Å². The van der Waals surface area contributed by atoms with E-state index in [1.54, 1.807) is 0 Å². The molecule has 1 aliphatic heterocycles. The lowest BCUT2D eigenvalue weighted by Crippen LogP contribution is -1.89. The molecular formula is C11H10N2. The zero-order chi connectivity index (χ0) is 8.84. The van der Waals surface area contributed by atoms with E-state index in [0.29, 0.717) is 0 Å². The summed E-state index contributed by atoms with van der Waals surface area (Å²) in [5.41, 5.74) is 4.00. The second kappa shape index (κ2) is 2.22. The number of hydrogen-bond acceptors (Lipinski definition) is 1. The van der Waals surface area contributed by atoms with Gasteiger partial charge in [-0.2, -0.15) is 0 Å². The molecular weight excluding hydrogens is 160 g/mol. The molecule has 0 unspecified atom stereocenters. The third-order valence-corrected chi connectivity index (χ3v) is 2.56. The van der Waals surface area contributed by atoms with Crippen molar-refractivity contribution in [2.75, 3.05) is 0 Å². The Labute approximate surface area is 76.9 Å². The van der Waals surface area contributed by atoms with Crippen LogP contribution in [0.1, 0.15) is 11.1 Å². The molecule has 64 valence electrons. The topological polar surface area (TPSA) is 17.8 Å². The van der Waals surface area contributed by atoms with Gasteiger partial charge in [0.15, 0.2) is 0 Å². The van der Waals surface area contributed by atoms with Crippen molar-refractivity contribution in [3.05, 3.63) is 41.7 Å². The summed E-state index contributed by atoms with van der Waals surface area (Å²) in [6, 6.07) is 6.55. The smallest absolute Gasteiger partial charge is 0.140 e. The molecule has 0 N–H and O–H groups in total. The minimum Gasteiger partial charge on any atom is -0.327 e. The maximum Gasteiger partial charge on any atom is 0.140 e. The van der Waals surface area contributed by atoms with Crippen molar-refractivity contribution in [2.45, 2.75) is 13.5 Å². The van der Waals surface area contributed by atoms with E-state index in [1.165, 1.54) is 16.7 Å². The number of hydrogen-bond donors (Lipinski definition) is 0. The van der Waals surface area contributed by atoms with Crippen LogP contribution in [0.3, 0.4) is 0 Å². The molecule has 0 saturated carbocycles. The quantitative estimate of drug-likeness (QED) is 0.506. The summed E-state index contributed by atoms with van der Waals surface area (Å²) in [7, 11) is 0. The monoisotopic (exact) mass is 170 g/mol. The molecule has 1 aliphatic rings. The Morgan fingerprint density at radius 2 is 2.31 bits per heavy atom. The molecule has 0 saturated heterocycles. The van der Waals surface area contributed by atoms with E-state index >= 15 is 0 Å². The van der Waals surface area contributed by atoms with Crippen LogP contribution in [0, 0.1) is 6.92 Å². The van der Waals surface area contributed by atoms with Crippen LogP contribution in [0.4, 0.5) is 0 Å². The number of imidazole rings is 1. The van der Waals surface area contributed by atoms with Crippen LogP contribution < -0.4 is 0 Å². The van der Waals surface area contributed by atoms with Crippen molar-refractivity contribution < 1.29 is 0 Å². The van der Waals surface area contributed by atoms with Crippen molar-refractivity contribution in [2.24, 2.45) is 0 Å². The van der Waals surface area contributed by atoms with Crippen LogP contribution in [0.25, 0.3) is 11.4 Å². The van der Waals surface area contributed by atoms with Crippen molar-refractivity contribution in [3.63, 3.8) is 0 Å². The lowest BCUT2D eigenvalue weighted by molar-refractivity contribution is 0.847. The molecule has 3 rings (SSSR count). The summed E-state index contributed by atoms with van der Waals surface area (Å²) in [5.74, 6) is 1.11. The first-order valence-corrected chi connectivity index (χ1v) is 4.45. The summed E-state index contributed by atoms with van der Waals surface area (Å²) in [4.78, 5) is 4.33. The Morgan fingerprint density at radius 3 is 3.23 bits per heavy atom. The van der Waals surface area contributed by atoms with Crippen LogP contribution >= 0.6 is 0 Å². The van der Waals surface area contributed by atoms with Gasteiger partial charge in [0, 0.05) is 24.5 Å². The fourth-order valence-electron chi connectivity index (χ4n) is 1.94. The van der Waals surface area contributed by atoms with Crippen molar-refractivity contribution in [1.82, 2.24) is 9.55 Å². The Bertz CT molecular complexity index is 469. The Hall–Kier alpha value is -1.57. The highest BCUT2D eigenvalue weighted by Crippen LogP contribution is 2.30. The Morgan fingerprint density at radius 1 is 1.38 bits per heavy atom. The fraction of sp³-hybridized carbons (Fsp3) is 0.182. The van der Waals surface area contributed by atoms with Crippen molar-refractivity contribution in [1.29, 1.82) is 0 Å². The van der Waals surface area contributed by atoms with Gasteiger partial charge in [-0.25, -0.2) is 4.98 Å². The average molecular weight is 170 g/mol. The van der Waals surface area contributed by atoms with Crippen molar-refractivity contribution in [3.8, 4) is 11.4 Å². The lowest BCUT2D eigenvalue weighted by atomic mass is 10.1. The number of aryl methyl sites for hydroxylation is 1. The standard InChI is InChI=1S/C11H10N2/c1-8-2-3-10-9(6-8)7-13-5-4-12-11(10)13/h2-6H,7H2,1H3. The fourth-order valence-corrected chi connectivity index (χ4v) is 1.94. The number of rotatable bonds is 0. The molecule has 1 aromatic heterocycles. The highest BCUT2D eigenvalue weighted by Gasteiger charge is 2.17. The summed E-state index contributed by atoms with van der Waals surface area (Å²) in [6.07, 6.45) is 3.89. The van der Waals surface area contributed by atoms with E-state index in [9.17, 15) is 0 Å². The number of benzene rings is 1. The van der Waals surface area contributed by atoms with E-state index in [0.717, 1.165) is 12.4 Å². The van der Waals surface area contributed by atoms with Gasteiger partial charge in [0.25, 0.3) is 0 Å². The molecule has 1 aromatic carbocycles. The third kappa shape index (κ3) is 0.856. The third-order valence-electron chi connectivity index (χ3n) is 2.56. The molecule has 0 amide bonds. The van der Waals surface area contributed by atoms with Gasteiger partial charge in [-0.15, -0.1) is 0 Å². The highest BCUT2D eigenvalue weighted by molar-refractivity contribution is 5.65. The van der Waals surface area contributed by atoms with E-state index in [2.05, 4.69) is 34.7 Å². The molecule has 2 nitrogen and oxygen atoms in total. The van der Waals surface area contributed by atoms with Gasteiger partial charge in [-0.1, -0.05) is 23.8 Å². The maximum atomic E-state index is 4.33. The average Bonchev–Trinajstić information content (AvgIpc) is 2.62. The van der Waals surface area contributed by atoms with E-state index in [4.69, 9.17) is 0 Å². The van der Waals surface area contributed by atoms with Gasteiger partial charge in [0.1, 0.15) is 5.82 Å². The first-order chi connectivity index (χ1) is 6.34. The molecule has 0 radical (unpaired) electrons. The van der Waals surface area contributed by atoms with E-state index in [-0.39, 0.29) is 0 Å². The van der Waals surface area contributed by atoms with E-state index in [1.807, 2.05) is 12.4 Å². The predicted molar refractivity (Wildman–Crippen MR) is 51.5 cm³/mol. The van der Waals surface area contributed by atoms with Gasteiger partial charge < -0.3 is 4.57 Å². The number of aromatic nitrogens is 2. The molecule has 0 spiro atoms. The van der Waals surface area contributed by atoms with Gasteiger partial charge in [0.2, 0.25) is 0 Å². The predicted octanol–water partition coefficient (Wildman–Crippen LogP) is 2.22. The molecule has 2 heterocycles. The van der Waals surface area contributed by atoms with Crippen LogP contribution in [-0.2, 0) is 6.54 Å². The number of nitrogens with zero attached hydrogens (tertiary/aromatic N) is 2. The number of fused-ring (bicyclic) bond motifs is 3. The van der Waals surface area contributed by atoms with Gasteiger partial charge in [0.05, 0.1) is 0 Å². The first kappa shape index (κ1) is 6.89. The summed E-state index contributed by atoms with van der Waals surface area (Å²) in [5, 5.41) is 0. The summed E-state index contributed by atoms with van der Waals surface area (Å²) in [6.45, 7) is 3.10. The first-order valence-electron chi connectivity index (χ1n) is 4.45. The SMILES string of the molecule is Cc1ccc2c(c1)Cn1ccnc1-2. The summed E-state index contributed by atoms with van der Waals surface area (Å²) < 4.78 is 2.18. The Kier molecular flexibility index (Phi) is 1.18. The summed E-state index contributed by atoms with van der Waals surface area (Å²) >= 11 is 0. The zero-order valence-corrected chi connectivity index (χ0v) is 7.49. The second-order valence-electron chi connectivity index (χ2n) is 3.54. The largest absolute Gasteiger partial charge is 0.327 e. The maximum absolute atomic E-state index is 4.33. The highest BCUT2D eigenvalue weighted by atomic mass is 15.1. The molecule has 0 fully saturated rings. The minimum atomic E-state index is 0.979. The van der Waals surface area contributed by atoms with Gasteiger partial charge in [-0.05, 0) is 12.5 Å². The van der Waals surface area contributed by atoms with Gasteiger partial charge >= 0.3 is 0 Å². The van der Waals surface area contributed by atoms with E-state index < -0.39 is 0 Å². The minimum absolute atomic E-state index is 0.979. The van der Waals surface area contributed by atoms with Crippen LogP contribution in [0.2, 0.25) is 0 Å². The molecule has 0 bridgehead atoms. The van der Waals surface area contributed by atoms with Crippen LogP contribution in [-0.4, -0.2) is 9.55 Å². The van der Waals surface area contributed by atoms with Gasteiger partial charge in [-0.3, -0.25) is 0 Å².